The van der Waals surface area contributed by atoms with Crippen LogP contribution in [-0.4, -0.2) is 16.9 Å². The minimum atomic E-state index is -4.72. The molecule has 0 aliphatic rings. The van der Waals surface area contributed by atoms with Gasteiger partial charge in [-0.3, -0.25) is 0 Å². The highest BCUT2D eigenvalue weighted by Crippen LogP contribution is 2.42. The summed E-state index contributed by atoms with van der Waals surface area (Å²) in [6.45, 7) is 6.45. The van der Waals surface area contributed by atoms with Gasteiger partial charge in [0.2, 0.25) is 0 Å². The molecule has 1 rings (SSSR count). The molecule has 1 aromatic rings. The van der Waals surface area contributed by atoms with E-state index in [1.165, 1.54) is 0 Å². The Hall–Kier alpha value is -1.03. The van der Waals surface area contributed by atoms with Gasteiger partial charge in [0, 0.05) is 0 Å². The van der Waals surface area contributed by atoms with E-state index in [0.717, 1.165) is 5.56 Å². The summed E-state index contributed by atoms with van der Waals surface area (Å²) in [6.07, 6.45) is -4.69. The molecule has 0 saturated heterocycles. The monoisotopic (exact) mass is 259 g/mol. The predicted molar refractivity (Wildman–Crippen MR) is 65.1 cm³/mol. The van der Waals surface area contributed by atoms with Crippen LogP contribution in [0.2, 0.25) is 0 Å². The summed E-state index contributed by atoms with van der Waals surface area (Å²) >= 11 is 0. The van der Waals surface area contributed by atoms with Crippen LogP contribution in [0, 0.1) is 6.92 Å². The van der Waals surface area contributed by atoms with Gasteiger partial charge in [0.25, 0.3) is 0 Å². The molecule has 0 aliphatic heterocycles. The van der Waals surface area contributed by atoms with E-state index in [4.69, 9.17) is 0 Å². The van der Waals surface area contributed by atoms with E-state index in [2.05, 4.69) is 6.92 Å². The molecule has 0 bridgehead atoms. The molecule has 0 heterocycles. The predicted octanol–water partition coefficient (Wildman–Crippen LogP) is 3.87. The number of halogens is 3. The quantitative estimate of drug-likeness (QED) is 0.870. The molecular weight excluding hydrogens is 241 g/mol. The Labute approximate surface area is 106 Å². The third-order valence-electron chi connectivity index (χ3n) is 3.46. The minimum Gasteiger partial charge on any atom is -0.380 e. The average molecular weight is 259 g/mol. The lowest BCUT2D eigenvalue weighted by Gasteiger charge is -2.37. The van der Waals surface area contributed by atoms with Crippen LogP contribution in [0.1, 0.15) is 32.3 Å². The summed E-state index contributed by atoms with van der Waals surface area (Å²) in [6, 6.07) is 8.91. The molecule has 0 aliphatic carbocycles. The van der Waals surface area contributed by atoms with E-state index >= 15 is 0 Å². The van der Waals surface area contributed by atoms with Crippen molar-refractivity contribution in [3.63, 3.8) is 0 Å². The highest BCUT2D eigenvalue weighted by atomic mass is 19.4. The zero-order valence-electron chi connectivity index (χ0n) is 10.6. The largest absolute Gasteiger partial charge is 0.417 e. The second-order valence-corrected chi connectivity index (χ2v) is 4.99. The van der Waals surface area contributed by atoms with Gasteiger partial charge >= 0.3 is 6.18 Å². The molecular formula is C14H18F3O. The highest BCUT2D eigenvalue weighted by molar-refractivity contribution is 5.25. The minimum absolute atomic E-state index is 0.454. The lowest BCUT2D eigenvalue weighted by molar-refractivity contribution is -0.247. The van der Waals surface area contributed by atoms with Gasteiger partial charge in [0.05, 0.1) is 0 Å². The zero-order valence-corrected chi connectivity index (χ0v) is 10.6. The van der Waals surface area contributed by atoms with E-state index in [-0.39, 0.29) is 0 Å². The summed E-state index contributed by atoms with van der Waals surface area (Å²) in [5.41, 5.74) is -2.90. The summed E-state index contributed by atoms with van der Waals surface area (Å²) in [5, 5.41) is 9.54. The molecule has 0 aromatic heterocycles. The fraction of sp³-hybridized carbons (Fsp3) is 0.500. The van der Waals surface area contributed by atoms with Gasteiger partial charge in [-0.25, -0.2) is 0 Å². The van der Waals surface area contributed by atoms with E-state index in [9.17, 15) is 18.3 Å². The fourth-order valence-electron chi connectivity index (χ4n) is 2.02. The van der Waals surface area contributed by atoms with E-state index in [1.54, 1.807) is 44.2 Å². The Bertz CT molecular complexity index is 384. The van der Waals surface area contributed by atoms with Crippen molar-refractivity contribution in [3.8, 4) is 0 Å². The summed E-state index contributed by atoms with van der Waals surface area (Å²) in [4.78, 5) is 0. The van der Waals surface area contributed by atoms with Crippen molar-refractivity contribution < 1.29 is 18.3 Å². The smallest absolute Gasteiger partial charge is 0.380 e. The standard InChI is InChI=1S/C14H18F3O/c1-4-12(2,11-8-6-5-7-9-11)10-13(3,18)14(15,16)17/h5-9,18H,3-4,10H2,1-2H3. The van der Waals surface area contributed by atoms with Crippen molar-refractivity contribution in [3.05, 3.63) is 42.8 Å². The first-order valence-corrected chi connectivity index (χ1v) is 5.82. The average Bonchev–Trinajstić information content (AvgIpc) is 2.28. The molecule has 0 fully saturated rings. The van der Waals surface area contributed by atoms with Crippen LogP contribution < -0.4 is 0 Å². The molecule has 18 heavy (non-hydrogen) atoms. The number of alkyl halides is 3. The molecule has 4 heteroatoms. The molecule has 1 N–H and O–H groups in total. The third-order valence-corrected chi connectivity index (χ3v) is 3.46. The van der Waals surface area contributed by atoms with Crippen molar-refractivity contribution in [2.24, 2.45) is 0 Å². The van der Waals surface area contributed by atoms with Crippen LogP contribution in [0.5, 0.6) is 0 Å². The first kappa shape index (κ1) is 15.0. The summed E-state index contributed by atoms with van der Waals surface area (Å²) in [7, 11) is 0. The second-order valence-electron chi connectivity index (χ2n) is 4.99. The van der Waals surface area contributed by atoms with Crippen LogP contribution in [0.25, 0.3) is 0 Å². The Morgan fingerprint density at radius 1 is 1.17 bits per heavy atom. The molecule has 2 atom stereocenters. The molecule has 1 aromatic carbocycles. The van der Waals surface area contributed by atoms with Gasteiger partial charge in [-0.2, -0.15) is 13.2 Å². The topological polar surface area (TPSA) is 20.2 Å². The molecule has 0 spiro atoms. The van der Waals surface area contributed by atoms with Crippen LogP contribution in [-0.2, 0) is 5.41 Å². The highest BCUT2D eigenvalue weighted by Gasteiger charge is 2.52. The lowest BCUT2D eigenvalue weighted by Crippen LogP contribution is -2.47. The molecule has 1 radical (unpaired) electrons. The number of hydrogen-bond donors (Lipinski definition) is 1. The van der Waals surface area contributed by atoms with Crippen molar-refractivity contribution >= 4 is 0 Å². The molecule has 1 nitrogen and oxygen atoms in total. The van der Waals surface area contributed by atoms with E-state index in [0.29, 0.717) is 6.42 Å². The number of benzene rings is 1. The number of aliphatic hydroxyl groups is 1. The maximum absolute atomic E-state index is 12.7. The lowest BCUT2D eigenvalue weighted by atomic mass is 9.72. The third kappa shape index (κ3) is 3.05. The normalized spacial score (nSPS) is 19.1. The van der Waals surface area contributed by atoms with Crippen molar-refractivity contribution in [2.75, 3.05) is 0 Å². The fourth-order valence-corrected chi connectivity index (χ4v) is 2.02. The summed E-state index contributed by atoms with van der Waals surface area (Å²) < 4.78 is 38.1. The first-order chi connectivity index (χ1) is 8.12. The van der Waals surface area contributed by atoms with Crippen molar-refractivity contribution in [2.45, 2.75) is 43.9 Å². The maximum atomic E-state index is 12.7. The van der Waals surface area contributed by atoms with E-state index in [1.807, 2.05) is 0 Å². The number of rotatable bonds is 4. The van der Waals surface area contributed by atoms with Gasteiger partial charge in [0.15, 0.2) is 5.60 Å². The van der Waals surface area contributed by atoms with Crippen molar-refractivity contribution in [1.82, 2.24) is 0 Å². The number of hydrogen-bond acceptors (Lipinski definition) is 1. The second kappa shape index (κ2) is 4.92. The molecule has 0 saturated carbocycles. The zero-order chi connectivity index (χ0) is 14.0. The van der Waals surface area contributed by atoms with Crippen LogP contribution in [0.4, 0.5) is 13.2 Å². The van der Waals surface area contributed by atoms with Gasteiger partial charge in [-0.05, 0) is 30.7 Å². The Morgan fingerprint density at radius 2 is 1.67 bits per heavy atom. The first-order valence-electron chi connectivity index (χ1n) is 5.82. The Kier molecular flexibility index (Phi) is 4.11. The van der Waals surface area contributed by atoms with Crippen LogP contribution in [0.3, 0.4) is 0 Å². The van der Waals surface area contributed by atoms with E-state index < -0.39 is 23.6 Å². The van der Waals surface area contributed by atoms with Gasteiger partial charge in [-0.15, -0.1) is 0 Å². The molecule has 101 valence electrons. The molecule has 2 unspecified atom stereocenters. The maximum Gasteiger partial charge on any atom is 0.417 e. The SMILES string of the molecule is [CH2]C(O)(CC(C)(CC)c1ccccc1)C(F)(F)F. The van der Waals surface area contributed by atoms with Gasteiger partial charge in [0.1, 0.15) is 0 Å². The van der Waals surface area contributed by atoms with Gasteiger partial charge in [-0.1, -0.05) is 44.2 Å². The van der Waals surface area contributed by atoms with Crippen LogP contribution >= 0.6 is 0 Å². The Balaban J connectivity index is 3.05. The van der Waals surface area contributed by atoms with Crippen molar-refractivity contribution in [1.29, 1.82) is 0 Å². The van der Waals surface area contributed by atoms with Crippen LogP contribution in [0.15, 0.2) is 30.3 Å². The summed E-state index contributed by atoms with van der Waals surface area (Å²) in [5.74, 6) is 0. The Morgan fingerprint density at radius 3 is 2.06 bits per heavy atom. The van der Waals surface area contributed by atoms with Gasteiger partial charge < -0.3 is 5.11 Å². The molecule has 0 amide bonds.